The molecule has 5 heteroatoms. The second-order valence-corrected chi connectivity index (χ2v) is 6.19. The molecule has 0 atom stereocenters. The number of rotatable bonds is 4. The van der Waals surface area contributed by atoms with Crippen LogP contribution < -0.4 is 4.74 Å². The minimum Gasteiger partial charge on any atom is -0.465 e. The van der Waals surface area contributed by atoms with Crippen LogP contribution in [-0.4, -0.2) is 19.0 Å². The van der Waals surface area contributed by atoms with Crippen molar-refractivity contribution in [2.45, 2.75) is 6.92 Å². The first kappa shape index (κ1) is 18.7. The summed E-state index contributed by atoms with van der Waals surface area (Å²) < 4.78 is 11.0. The zero-order valence-corrected chi connectivity index (χ0v) is 15.7. The van der Waals surface area contributed by atoms with Crippen molar-refractivity contribution in [3.05, 3.63) is 94.5 Å². The molecule has 0 aromatic heterocycles. The Morgan fingerprint density at radius 2 is 1.63 bits per heavy atom. The molecule has 0 unspecified atom stereocenters. The van der Waals surface area contributed by atoms with Crippen LogP contribution in [0, 0.1) is 6.92 Å². The third-order valence-corrected chi connectivity index (χ3v) is 4.23. The average Bonchev–Trinajstić information content (AvgIpc) is 2.70. The number of ether oxygens (including phenoxy) is 2. The maximum Gasteiger partial charge on any atom is 0.341 e. The summed E-state index contributed by atoms with van der Waals surface area (Å²) in [5.74, 6) is 0.265. The van der Waals surface area contributed by atoms with Crippen molar-refractivity contribution in [1.29, 1.82) is 0 Å². The predicted octanol–water partition coefficient (Wildman–Crippen LogP) is 5.59. The van der Waals surface area contributed by atoms with E-state index in [1.165, 1.54) is 7.11 Å². The highest BCUT2D eigenvalue weighted by Crippen LogP contribution is 2.28. The van der Waals surface area contributed by atoms with Gasteiger partial charge in [0.2, 0.25) is 5.90 Å². The Hall–Kier alpha value is -3.11. The Labute approximate surface area is 163 Å². The SMILES string of the molecule is COC(=O)c1cccc(C)c1OC(=Nc1ccccc1Cl)c1ccccc1. The molecule has 0 saturated heterocycles. The lowest BCUT2D eigenvalue weighted by Gasteiger charge is -2.15. The van der Waals surface area contributed by atoms with Gasteiger partial charge in [-0.3, -0.25) is 0 Å². The minimum atomic E-state index is -0.473. The molecule has 27 heavy (non-hydrogen) atoms. The van der Waals surface area contributed by atoms with Crippen LogP contribution in [0.2, 0.25) is 5.02 Å². The molecule has 0 aliphatic heterocycles. The van der Waals surface area contributed by atoms with E-state index in [4.69, 9.17) is 21.1 Å². The van der Waals surface area contributed by atoms with Crippen molar-refractivity contribution in [2.75, 3.05) is 7.11 Å². The Morgan fingerprint density at radius 1 is 0.926 bits per heavy atom. The van der Waals surface area contributed by atoms with Gasteiger partial charge in [0.25, 0.3) is 0 Å². The van der Waals surface area contributed by atoms with Gasteiger partial charge >= 0.3 is 5.97 Å². The van der Waals surface area contributed by atoms with Crippen molar-refractivity contribution in [1.82, 2.24) is 0 Å². The van der Waals surface area contributed by atoms with Crippen molar-refractivity contribution in [3.63, 3.8) is 0 Å². The number of carbonyl (C=O) groups excluding carboxylic acids is 1. The largest absolute Gasteiger partial charge is 0.465 e. The maximum atomic E-state index is 12.2. The molecule has 0 spiro atoms. The standard InChI is InChI=1S/C22H18ClNO3/c1-15-9-8-12-17(22(25)26-2)20(15)27-21(16-10-4-3-5-11-16)24-19-14-7-6-13-18(19)23/h3-14H,1-2H3. The van der Waals surface area contributed by atoms with Gasteiger partial charge in [-0.15, -0.1) is 0 Å². The van der Waals surface area contributed by atoms with Gasteiger partial charge < -0.3 is 9.47 Å². The second kappa shape index (κ2) is 8.52. The van der Waals surface area contributed by atoms with E-state index in [-0.39, 0.29) is 0 Å². The Balaban J connectivity index is 2.12. The molecular weight excluding hydrogens is 362 g/mol. The summed E-state index contributed by atoms with van der Waals surface area (Å²) in [5, 5.41) is 0.507. The number of benzene rings is 3. The molecule has 3 rings (SSSR count). The van der Waals surface area contributed by atoms with E-state index in [9.17, 15) is 4.79 Å². The fourth-order valence-corrected chi connectivity index (χ4v) is 2.71. The monoisotopic (exact) mass is 379 g/mol. The minimum absolute atomic E-state index is 0.334. The van der Waals surface area contributed by atoms with Gasteiger partial charge in [-0.2, -0.15) is 0 Å². The number of hydrogen-bond acceptors (Lipinski definition) is 4. The predicted molar refractivity (Wildman–Crippen MR) is 107 cm³/mol. The lowest BCUT2D eigenvalue weighted by molar-refractivity contribution is 0.0598. The second-order valence-electron chi connectivity index (χ2n) is 5.78. The van der Waals surface area contributed by atoms with E-state index in [0.29, 0.717) is 27.9 Å². The van der Waals surface area contributed by atoms with Gasteiger partial charge in [-0.25, -0.2) is 9.79 Å². The number of para-hydroxylation sites is 2. The summed E-state index contributed by atoms with van der Waals surface area (Å²) in [5.41, 5.74) is 2.46. The first-order valence-electron chi connectivity index (χ1n) is 8.34. The lowest BCUT2D eigenvalue weighted by atomic mass is 10.1. The fraction of sp³-hybridized carbons (Fsp3) is 0.0909. The first-order valence-corrected chi connectivity index (χ1v) is 8.72. The third-order valence-electron chi connectivity index (χ3n) is 3.91. The molecule has 0 fully saturated rings. The van der Waals surface area contributed by atoms with Crippen molar-refractivity contribution in [2.24, 2.45) is 4.99 Å². The number of hydrogen-bond donors (Lipinski definition) is 0. The summed E-state index contributed by atoms with van der Waals surface area (Å²) in [7, 11) is 1.34. The van der Waals surface area contributed by atoms with Crippen LogP contribution >= 0.6 is 11.6 Å². The van der Waals surface area contributed by atoms with Gasteiger partial charge in [0.15, 0.2) is 0 Å². The molecule has 3 aromatic rings. The Morgan fingerprint density at radius 3 is 2.33 bits per heavy atom. The topological polar surface area (TPSA) is 47.9 Å². The maximum absolute atomic E-state index is 12.2. The van der Waals surface area contributed by atoms with Crippen molar-refractivity contribution < 1.29 is 14.3 Å². The molecule has 136 valence electrons. The highest BCUT2D eigenvalue weighted by atomic mass is 35.5. The summed E-state index contributed by atoms with van der Waals surface area (Å²) in [6.07, 6.45) is 0. The molecule has 0 aliphatic carbocycles. The zero-order valence-electron chi connectivity index (χ0n) is 15.0. The van der Waals surface area contributed by atoms with E-state index in [1.54, 1.807) is 24.3 Å². The van der Waals surface area contributed by atoms with E-state index >= 15 is 0 Å². The van der Waals surface area contributed by atoms with E-state index in [1.807, 2.05) is 55.5 Å². The molecule has 0 heterocycles. The van der Waals surface area contributed by atoms with E-state index in [2.05, 4.69) is 4.99 Å². The van der Waals surface area contributed by atoms with E-state index < -0.39 is 5.97 Å². The normalized spacial score (nSPS) is 11.1. The molecular formula is C22H18ClNO3. The Kier molecular flexibility index (Phi) is 5.89. The number of nitrogens with zero attached hydrogens (tertiary/aromatic N) is 1. The van der Waals surface area contributed by atoms with Crippen molar-refractivity contribution in [3.8, 4) is 5.75 Å². The van der Waals surface area contributed by atoms with Crippen molar-refractivity contribution >= 4 is 29.2 Å². The summed E-state index contributed by atoms with van der Waals surface area (Å²) in [4.78, 5) is 16.8. The van der Waals surface area contributed by atoms with Gasteiger partial charge in [-0.05, 0) is 42.8 Å². The molecule has 0 radical (unpaired) electrons. The van der Waals surface area contributed by atoms with Gasteiger partial charge in [0.05, 0.1) is 17.8 Å². The number of carbonyl (C=O) groups is 1. The molecule has 0 aliphatic rings. The smallest absolute Gasteiger partial charge is 0.341 e. The summed E-state index contributed by atoms with van der Waals surface area (Å²) in [6, 6.07) is 22.0. The molecule has 0 bridgehead atoms. The number of halogens is 1. The van der Waals surface area contributed by atoms with Crippen LogP contribution in [0.15, 0.2) is 77.8 Å². The van der Waals surface area contributed by atoms with E-state index in [0.717, 1.165) is 11.1 Å². The lowest BCUT2D eigenvalue weighted by Crippen LogP contribution is -2.14. The zero-order chi connectivity index (χ0) is 19.2. The summed E-state index contributed by atoms with van der Waals surface area (Å²) in [6.45, 7) is 1.86. The molecule has 0 saturated carbocycles. The number of methoxy groups -OCH3 is 1. The fourth-order valence-electron chi connectivity index (χ4n) is 2.53. The molecule has 3 aromatic carbocycles. The number of aryl methyl sites for hydroxylation is 1. The van der Waals surface area contributed by atoms with Gasteiger partial charge in [0.1, 0.15) is 11.3 Å². The number of aliphatic imine (C=N–C) groups is 1. The highest BCUT2D eigenvalue weighted by molar-refractivity contribution is 6.33. The summed E-state index contributed by atoms with van der Waals surface area (Å²) >= 11 is 6.26. The van der Waals surface area contributed by atoms with Crippen LogP contribution in [-0.2, 0) is 4.74 Å². The first-order chi connectivity index (χ1) is 13.1. The van der Waals surface area contributed by atoms with Crippen LogP contribution in [0.4, 0.5) is 5.69 Å². The quantitative estimate of drug-likeness (QED) is 0.337. The van der Waals surface area contributed by atoms with Crippen LogP contribution in [0.25, 0.3) is 0 Å². The molecule has 0 N–H and O–H groups in total. The third kappa shape index (κ3) is 4.36. The highest BCUT2D eigenvalue weighted by Gasteiger charge is 2.18. The van der Waals surface area contributed by atoms with Gasteiger partial charge in [-0.1, -0.05) is 54.1 Å². The Bertz CT molecular complexity index is 984. The average molecular weight is 380 g/mol. The van der Waals surface area contributed by atoms with Gasteiger partial charge in [0, 0.05) is 5.56 Å². The van der Waals surface area contributed by atoms with Crippen LogP contribution in [0.1, 0.15) is 21.5 Å². The van der Waals surface area contributed by atoms with Crippen LogP contribution in [0.5, 0.6) is 5.75 Å². The molecule has 0 amide bonds. The number of esters is 1. The molecule has 4 nitrogen and oxygen atoms in total. The van der Waals surface area contributed by atoms with Crippen LogP contribution in [0.3, 0.4) is 0 Å².